The zero-order chi connectivity index (χ0) is 24.2. The second-order valence-corrected chi connectivity index (χ2v) is 7.84. The molecular weight excluding hydrogens is 452 g/mol. The van der Waals surface area contributed by atoms with Gasteiger partial charge in [0.05, 0.1) is 0 Å². The van der Waals surface area contributed by atoms with E-state index >= 15 is 0 Å². The number of benzene rings is 2. The van der Waals surface area contributed by atoms with Crippen LogP contribution in [0.4, 0.5) is 13.6 Å². The molecule has 2 aromatic carbocycles. The summed E-state index contributed by atoms with van der Waals surface area (Å²) >= 11 is 0. The minimum atomic E-state index is -2.91. The number of hydrogen-bond donors (Lipinski definition) is 2. The van der Waals surface area contributed by atoms with Gasteiger partial charge in [0.15, 0.2) is 0 Å². The first kappa shape index (κ1) is 23.1. The van der Waals surface area contributed by atoms with Crippen LogP contribution in [0.1, 0.15) is 39.9 Å². The number of carbonyl (C=O) groups is 4. The molecular formula is C23H21F2N3O6. The SMILES string of the molecule is O=C1CCC(N2Cc3ccc(CNC(=O)OCc4ccc(OC(F)F)cc4)cc3C2=O)C(=O)N1. The predicted octanol–water partition coefficient (Wildman–Crippen LogP) is 2.48. The van der Waals surface area contributed by atoms with Crippen molar-refractivity contribution in [2.45, 2.75) is 45.2 Å². The van der Waals surface area contributed by atoms with Gasteiger partial charge in [-0.2, -0.15) is 8.78 Å². The van der Waals surface area contributed by atoms with Gasteiger partial charge in [0.2, 0.25) is 11.8 Å². The standard InChI is InChI=1S/C23H21F2N3O6/c24-22(25)34-16-5-2-13(3-6-16)12-33-23(32)26-10-14-1-4-15-11-28(21(31)17(15)9-14)18-7-8-19(29)27-20(18)30/h1-6,9,18,22H,7-8,10-12H2,(H,26,32)(H,27,29,30). The molecule has 1 fully saturated rings. The maximum absolute atomic E-state index is 12.9. The van der Waals surface area contributed by atoms with Crippen LogP contribution in [-0.2, 0) is 34.0 Å². The van der Waals surface area contributed by atoms with Gasteiger partial charge >= 0.3 is 12.7 Å². The lowest BCUT2D eigenvalue weighted by atomic mass is 10.0. The molecule has 0 bridgehead atoms. The molecule has 4 rings (SSSR count). The predicted molar refractivity (Wildman–Crippen MR) is 113 cm³/mol. The van der Waals surface area contributed by atoms with E-state index < -0.39 is 24.7 Å². The molecule has 9 nitrogen and oxygen atoms in total. The van der Waals surface area contributed by atoms with Crippen LogP contribution in [0.5, 0.6) is 5.75 Å². The van der Waals surface area contributed by atoms with E-state index in [1.54, 1.807) is 18.2 Å². The van der Waals surface area contributed by atoms with Gasteiger partial charge in [0.1, 0.15) is 18.4 Å². The number of amides is 4. The quantitative estimate of drug-likeness (QED) is 0.598. The molecule has 2 aliphatic heterocycles. The van der Waals surface area contributed by atoms with Crippen LogP contribution in [0.25, 0.3) is 0 Å². The van der Waals surface area contributed by atoms with E-state index in [9.17, 15) is 28.0 Å². The van der Waals surface area contributed by atoms with Gasteiger partial charge in [-0.3, -0.25) is 19.7 Å². The van der Waals surface area contributed by atoms with Crippen LogP contribution in [0.3, 0.4) is 0 Å². The number of carbonyl (C=O) groups excluding carboxylic acids is 4. The van der Waals surface area contributed by atoms with Crippen LogP contribution in [0.15, 0.2) is 42.5 Å². The highest BCUT2D eigenvalue weighted by atomic mass is 19.3. The van der Waals surface area contributed by atoms with E-state index in [2.05, 4.69) is 15.4 Å². The summed E-state index contributed by atoms with van der Waals surface area (Å²) in [6, 6.07) is 10.2. The molecule has 2 heterocycles. The maximum Gasteiger partial charge on any atom is 0.407 e. The highest BCUT2D eigenvalue weighted by Gasteiger charge is 2.39. The Kier molecular flexibility index (Phi) is 6.71. The minimum Gasteiger partial charge on any atom is -0.445 e. The Morgan fingerprint density at radius 3 is 2.56 bits per heavy atom. The molecule has 0 spiro atoms. The Hall–Kier alpha value is -4.02. The number of ether oxygens (including phenoxy) is 2. The highest BCUT2D eigenvalue weighted by molar-refractivity contribution is 6.05. The van der Waals surface area contributed by atoms with Gasteiger partial charge in [-0.15, -0.1) is 0 Å². The molecule has 11 heteroatoms. The zero-order valence-electron chi connectivity index (χ0n) is 17.9. The third-order valence-electron chi connectivity index (χ3n) is 5.55. The number of piperidine rings is 1. The molecule has 178 valence electrons. The minimum absolute atomic E-state index is 0.00512. The maximum atomic E-state index is 12.9. The average molecular weight is 473 g/mol. The Labute approximate surface area is 193 Å². The van der Waals surface area contributed by atoms with Gasteiger partial charge < -0.3 is 19.7 Å². The Balaban J connectivity index is 1.28. The third-order valence-corrected chi connectivity index (χ3v) is 5.55. The third kappa shape index (κ3) is 5.30. The second kappa shape index (κ2) is 9.86. The first-order chi connectivity index (χ1) is 16.3. The van der Waals surface area contributed by atoms with Crippen LogP contribution < -0.4 is 15.4 Å². The van der Waals surface area contributed by atoms with Crippen molar-refractivity contribution in [2.75, 3.05) is 0 Å². The van der Waals surface area contributed by atoms with Crippen molar-refractivity contribution in [3.63, 3.8) is 0 Å². The number of alkyl halides is 2. The smallest absolute Gasteiger partial charge is 0.407 e. The molecule has 0 aromatic heterocycles. The molecule has 0 saturated carbocycles. The van der Waals surface area contributed by atoms with Crippen molar-refractivity contribution in [2.24, 2.45) is 0 Å². The lowest BCUT2D eigenvalue weighted by Gasteiger charge is -2.29. The normalized spacial score (nSPS) is 17.4. The van der Waals surface area contributed by atoms with Crippen molar-refractivity contribution in [1.29, 1.82) is 0 Å². The monoisotopic (exact) mass is 473 g/mol. The number of hydrogen-bond acceptors (Lipinski definition) is 6. The van der Waals surface area contributed by atoms with Gasteiger partial charge in [-0.25, -0.2) is 4.79 Å². The summed E-state index contributed by atoms with van der Waals surface area (Å²) in [4.78, 5) is 49.8. The molecule has 4 amide bonds. The number of fused-ring (bicyclic) bond motifs is 1. The van der Waals surface area contributed by atoms with Crippen molar-refractivity contribution >= 4 is 23.8 Å². The topological polar surface area (TPSA) is 114 Å². The number of imide groups is 1. The fraction of sp³-hybridized carbons (Fsp3) is 0.304. The largest absolute Gasteiger partial charge is 0.445 e. The van der Waals surface area contributed by atoms with E-state index in [4.69, 9.17) is 4.74 Å². The molecule has 2 aromatic rings. The fourth-order valence-corrected chi connectivity index (χ4v) is 3.85. The van der Waals surface area contributed by atoms with Crippen LogP contribution >= 0.6 is 0 Å². The summed E-state index contributed by atoms with van der Waals surface area (Å²) in [6.45, 7) is -2.59. The molecule has 0 radical (unpaired) electrons. The van der Waals surface area contributed by atoms with Crippen molar-refractivity contribution in [3.05, 3.63) is 64.7 Å². The summed E-state index contributed by atoms with van der Waals surface area (Å²) in [5.74, 6) is -1.11. The summed E-state index contributed by atoms with van der Waals surface area (Å²) in [5.41, 5.74) is 2.47. The van der Waals surface area contributed by atoms with E-state index in [1.807, 2.05) is 0 Å². The highest BCUT2D eigenvalue weighted by Crippen LogP contribution is 2.28. The molecule has 34 heavy (non-hydrogen) atoms. The first-order valence-corrected chi connectivity index (χ1v) is 10.5. The van der Waals surface area contributed by atoms with Gasteiger partial charge in [-0.05, 0) is 41.3 Å². The number of nitrogens with one attached hydrogen (secondary N) is 2. The summed E-state index contributed by atoms with van der Waals surface area (Å²) in [7, 11) is 0. The molecule has 2 aliphatic rings. The Morgan fingerprint density at radius 2 is 1.85 bits per heavy atom. The number of rotatable bonds is 7. The summed E-state index contributed by atoms with van der Waals surface area (Å²) < 4.78 is 33.7. The van der Waals surface area contributed by atoms with Crippen molar-refractivity contribution < 1.29 is 37.4 Å². The van der Waals surface area contributed by atoms with E-state index in [0.717, 1.165) is 5.56 Å². The van der Waals surface area contributed by atoms with Crippen molar-refractivity contribution in [3.8, 4) is 5.75 Å². The lowest BCUT2D eigenvalue weighted by molar-refractivity contribution is -0.136. The van der Waals surface area contributed by atoms with Gasteiger partial charge in [-0.1, -0.05) is 24.3 Å². The van der Waals surface area contributed by atoms with Crippen LogP contribution in [0.2, 0.25) is 0 Å². The average Bonchev–Trinajstić information content (AvgIpc) is 3.12. The van der Waals surface area contributed by atoms with E-state index in [0.29, 0.717) is 16.7 Å². The Bertz CT molecular complexity index is 1120. The lowest BCUT2D eigenvalue weighted by Crippen LogP contribution is -2.52. The number of nitrogens with zero attached hydrogens (tertiary/aromatic N) is 1. The molecule has 1 unspecified atom stereocenters. The zero-order valence-corrected chi connectivity index (χ0v) is 17.9. The van der Waals surface area contributed by atoms with E-state index in [1.165, 1.54) is 29.2 Å². The summed E-state index contributed by atoms with van der Waals surface area (Å²) in [6.07, 6.45) is -0.224. The number of halogens is 2. The number of alkyl carbamates (subject to hydrolysis) is 1. The second-order valence-electron chi connectivity index (χ2n) is 7.84. The molecule has 2 N–H and O–H groups in total. The van der Waals surface area contributed by atoms with Crippen LogP contribution in [-0.4, -0.2) is 41.4 Å². The molecule has 0 aliphatic carbocycles. The molecule has 1 saturated heterocycles. The molecule has 1 atom stereocenters. The fourth-order valence-electron chi connectivity index (χ4n) is 3.85. The van der Waals surface area contributed by atoms with E-state index in [-0.39, 0.29) is 50.1 Å². The van der Waals surface area contributed by atoms with Gasteiger partial charge in [0.25, 0.3) is 5.91 Å². The first-order valence-electron chi connectivity index (χ1n) is 10.5. The Morgan fingerprint density at radius 1 is 1.12 bits per heavy atom. The van der Waals surface area contributed by atoms with Crippen molar-refractivity contribution in [1.82, 2.24) is 15.5 Å². The summed E-state index contributed by atoms with van der Waals surface area (Å²) in [5, 5.41) is 4.85. The van der Waals surface area contributed by atoms with Crippen LogP contribution in [0, 0.1) is 0 Å². The van der Waals surface area contributed by atoms with Gasteiger partial charge in [0, 0.05) is 25.1 Å².